The highest BCUT2D eigenvalue weighted by molar-refractivity contribution is 6.77. The fraction of sp³-hybridized carbons (Fsp3) is 0.735. The summed E-state index contributed by atoms with van der Waals surface area (Å²) in [5.41, 5.74) is 6.91. The van der Waals surface area contributed by atoms with Gasteiger partial charge in [-0.05, 0) is 63.6 Å². The van der Waals surface area contributed by atoms with Gasteiger partial charge in [0.1, 0.15) is 0 Å². The first kappa shape index (κ1) is 32.1. The molecular weight excluding hydrogens is 498 g/mol. The van der Waals surface area contributed by atoms with Crippen molar-refractivity contribution < 1.29 is 14.0 Å². The minimum Gasteiger partial charge on any atom is -0.408 e. The van der Waals surface area contributed by atoms with Crippen molar-refractivity contribution in [3.8, 4) is 0 Å². The molecule has 2 aliphatic heterocycles. The van der Waals surface area contributed by atoms with E-state index in [4.69, 9.17) is 9.16 Å². The minimum atomic E-state index is -2.14. The Kier molecular flexibility index (Phi) is 10.4. The molecular formula is C34H57NO3Si. The average molecular weight is 556 g/mol. The molecule has 1 aromatic rings. The summed E-state index contributed by atoms with van der Waals surface area (Å²) in [6, 6.07) is 4.71. The Balaban J connectivity index is 2.01. The predicted octanol–water partition coefficient (Wildman–Crippen LogP) is 9.23. The largest absolute Gasteiger partial charge is 0.408 e. The molecule has 5 heteroatoms. The van der Waals surface area contributed by atoms with E-state index >= 15 is 0 Å². The van der Waals surface area contributed by atoms with Crippen LogP contribution in [-0.2, 0) is 14.0 Å². The lowest BCUT2D eigenvalue weighted by Crippen LogP contribution is -2.57. The third kappa shape index (κ3) is 6.26. The number of hydrogen-bond donors (Lipinski definition) is 0. The van der Waals surface area contributed by atoms with Gasteiger partial charge in [-0.1, -0.05) is 107 Å². The highest BCUT2D eigenvalue weighted by atomic mass is 28.4. The van der Waals surface area contributed by atoms with E-state index < -0.39 is 8.32 Å². The average Bonchev–Trinajstić information content (AvgIpc) is 3.16. The minimum absolute atomic E-state index is 0.0759. The fourth-order valence-electron chi connectivity index (χ4n) is 7.50. The highest BCUT2D eigenvalue weighted by Gasteiger charge is 2.52. The van der Waals surface area contributed by atoms with E-state index in [9.17, 15) is 4.79 Å². The van der Waals surface area contributed by atoms with Gasteiger partial charge in [0, 0.05) is 6.54 Å². The fourth-order valence-corrected chi connectivity index (χ4v) is 13.0. The van der Waals surface area contributed by atoms with Crippen LogP contribution in [0.25, 0.3) is 0 Å². The van der Waals surface area contributed by atoms with Crippen molar-refractivity contribution in [2.24, 2.45) is 0 Å². The Morgan fingerprint density at radius 3 is 1.74 bits per heavy atom. The summed E-state index contributed by atoms with van der Waals surface area (Å²) >= 11 is 0. The molecule has 0 saturated carbocycles. The molecule has 0 radical (unpaired) electrons. The molecule has 0 unspecified atom stereocenters. The van der Waals surface area contributed by atoms with E-state index in [2.05, 4.69) is 114 Å². The SMILES string of the molecule is CC(C)c1cc(C(C)C)c([C@H](C)O[C@@H]2CC(=O)N3CC=C[C@@H](O[Si](C(C)C)(C(C)C)C(C)C)[C@H]23)c(C(C)C)c1. The molecule has 1 fully saturated rings. The lowest BCUT2D eigenvalue weighted by molar-refractivity contribution is -0.129. The molecule has 220 valence electrons. The molecule has 0 N–H and O–H groups in total. The summed E-state index contributed by atoms with van der Waals surface area (Å²) in [7, 11) is -2.14. The number of fused-ring (bicyclic) bond motifs is 1. The van der Waals surface area contributed by atoms with Gasteiger partial charge in [0.2, 0.25) is 14.2 Å². The second-order valence-corrected chi connectivity index (χ2v) is 19.4. The third-order valence-electron chi connectivity index (χ3n) is 9.41. The molecule has 0 aromatic heterocycles. The van der Waals surface area contributed by atoms with Gasteiger partial charge in [-0.15, -0.1) is 0 Å². The maximum absolute atomic E-state index is 13.3. The first-order valence-corrected chi connectivity index (χ1v) is 17.7. The zero-order chi connectivity index (χ0) is 29.4. The molecule has 4 atom stereocenters. The van der Waals surface area contributed by atoms with Crippen LogP contribution in [0.1, 0.15) is 143 Å². The normalized spacial score (nSPS) is 22.9. The second kappa shape index (κ2) is 12.6. The predicted molar refractivity (Wildman–Crippen MR) is 167 cm³/mol. The molecule has 2 heterocycles. The van der Waals surface area contributed by atoms with Crippen molar-refractivity contribution in [3.05, 3.63) is 46.5 Å². The molecule has 0 spiro atoms. The summed E-state index contributed by atoms with van der Waals surface area (Å²) in [5, 5.41) is 0. The van der Waals surface area contributed by atoms with Crippen molar-refractivity contribution in [1.82, 2.24) is 4.90 Å². The lowest BCUT2D eigenvalue weighted by Gasteiger charge is -2.47. The summed E-state index contributed by atoms with van der Waals surface area (Å²) < 4.78 is 14.3. The zero-order valence-corrected chi connectivity index (χ0v) is 28.2. The lowest BCUT2D eigenvalue weighted by atomic mass is 9.82. The van der Waals surface area contributed by atoms with Crippen molar-refractivity contribution in [3.63, 3.8) is 0 Å². The van der Waals surface area contributed by atoms with Crippen LogP contribution < -0.4 is 0 Å². The standard InChI is InChI=1S/C34H57NO3Si/c1-20(2)27-17-28(21(3)4)33(29(18-27)22(5)6)26(13)37-31-19-32(36)35-16-14-15-30(34(31)35)38-39(23(7)8,24(9)10)25(11)12/h14-15,17-18,20-26,30-31,34H,16,19H2,1-13H3/t26-,30+,31+,34+/m0/s1. The molecule has 0 aliphatic carbocycles. The van der Waals surface area contributed by atoms with Gasteiger partial charge in [0.25, 0.3) is 0 Å². The van der Waals surface area contributed by atoms with Crippen LogP contribution in [-0.4, -0.2) is 43.9 Å². The molecule has 3 rings (SSSR count). The van der Waals surface area contributed by atoms with Gasteiger partial charge in [0.05, 0.1) is 30.8 Å². The Morgan fingerprint density at radius 1 is 0.795 bits per heavy atom. The Hall–Kier alpha value is -1.43. The molecule has 2 aliphatic rings. The van der Waals surface area contributed by atoms with Crippen LogP contribution in [0.5, 0.6) is 0 Å². The Labute approximate surface area is 241 Å². The molecule has 1 aromatic carbocycles. The molecule has 39 heavy (non-hydrogen) atoms. The number of ether oxygens (including phenoxy) is 1. The van der Waals surface area contributed by atoms with E-state index in [1.54, 1.807) is 0 Å². The van der Waals surface area contributed by atoms with Gasteiger partial charge in [0.15, 0.2) is 0 Å². The van der Waals surface area contributed by atoms with Crippen LogP contribution in [0.15, 0.2) is 24.3 Å². The highest BCUT2D eigenvalue weighted by Crippen LogP contribution is 2.46. The van der Waals surface area contributed by atoms with Crippen LogP contribution in [0.3, 0.4) is 0 Å². The van der Waals surface area contributed by atoms with E-state index in [0.717, 1.165) is 0 Å². The number of carbonyl (C=O) groups excluding carboxylic acids is 1. The topological polar surface area (TPSA) is 38.8 Å². The first-order valence-electron chi connectivity index (χ1n) is 15.6. The Morgan fingerprint density at radius 2 is 1.31 bits per heavy atom. The van der Waals surface area contributed by atoms with Crippen LogP contribution in [0.2, 0.25) is 16.6 Å². The number of nitrogens with zero attached hydrogens (tertiary/aromatic N) is 1. The van der Waals surface area contributed by atoms with Gasteiger partial charge in [-0.25, -0.2) is 0 Å². The Bertz CT molecular complexity index is 974. The van der Waals surface area contributed by atoms with Crippen molar-refractivity contribution in [2.75, 3.05) is 6.54 Å². The number of carbonyl (C=O) groups is 1. The molecule has 1 saturated heterocycles. The van der Waals surface area contributed by atoms with Crippen LogP contribution in [0, 0.1) is 0 Å². The summed E-state index contributed by atoms with van der Waals surface area (Å²) in [6.07, 6.45) is 4.36. The monoisotopic (exact) mass is 555 g/mol. The maximum atomic E-state index is 13.3. The summed E-state index contributed by atoms with van der Waals surface area (Å²) in [6.45, 7) is 30.5. The molecule has 0 bridgehead atoms. The number of rotatable bonds is 11. The van der Waals surface area contributed by atoms with E-state index in [-0.39, 0.29) is 30.3 Å². The molecule has 4 nitrogen and oxygen atoms in total. The van der Waals surface area contributed by atoms with Crippen molar-refractivity contribution >= 4 is 14.2 Å². The number of amides is 1. The second-order valence-electron chi connectivity index (χ2n) is 14.0. The summed E-state index contributed by atoms with van der Waals surface area (Å²) in [4.78, 5) is 15.3. The van der Waals surface area contributed by atoms with Gasteiger partial charge >= 0.3 is 0 Å². The number of benzene rings is 1. The maximum Gasteiger partial charge on any atom is 0.225 e. The van der Waals surface area contributed by atoms with Crippen molar-refractivity contribution in [2.45, 2.75) is 155 Å². The van der Waals surface area contributed by atoms with Crippen LogP contribution >= 0.6 is 0 Å². The summed E-state index contributed by atoms with van der Waals surface area (Å²) in [5.74, 6) is 1.45. The van der Waals surface area contributed by atoms with Crippen LogP contribution in [0.4, 0.5) is 0 Å². The number of hydrogen-bond acceptors (Lipinski definition) is 3. The van der Waals surface area contributed by atoms with Gasteiger partial charge < -0.3 is 14.1 Å². The van der Waals surface area contributed by atoms with Crippen molar-refractivity contribution in [1.29, 1.82) is 0 Å². The third-order valence-corrected chi connectivity index (χ3v) is 15.5. The van der Waals surface area contributed by atoms with Gasteiger partial charge in [-0.3, -0.25) is 4.79 Å². The van der Waals surface area contributed by atoms with Gasteiger partial charge in [-0.2, -0.15) is 0 Å². The zero-order valence-electron chi connectivity index (χ0n) is 27.2. The smallest absolute Gasteiger partial charge is 0.225 e. The first-order chi connectivity index (χ1) is 18.1. The quantitative estimate of drug-likeness (QED) is 0.202. The van der Waals surface area contributed by atoms with E-state index in [0.29, 0.717) is 47.3 Å². The van der Waals surface area contributed by atoms with E-state index in [1.807, 2.05) is 4.90 Å². The van der Waals surface area contributed by atoms with E-state index in [1.165, 1.54) is 22.3 Å². The molecule has 1 amide bonds.